The summed E-state index contributed by atoms with van der Waals surface area (Å²) < 4.78 is 0. The third-order valence-electron chi connectivity index (χ3n) is 4.52. The summed E-state index contributed by atoms with van der Waals surface area (Å²) in [4.78, 5) is 17.1. The Bertz CT molecular complexity index is 651. The zero-order valence-electron chi connectivity index (χ0n) is 13.9. The Morgan fingerprint density at radius 1 is 1.04 bits per heavy atom. The summed E-state index contributed by atoms with van der Waals surface area (Å²) >= 11 is 0. The van der Waals surface area contributed by atoms with Gasteiger partial charge >= 0.3 is 0 Å². The second-order valence-electron chi connectivity index (χ2n) is 6.43. The number of carbonyl (C=O) groups excluding carboxylic acids is 1. The van der Waals surface area contributed by atoms with Gasteiger partial charge in [0.1, 0.15) is 0 Å². The molecule has 1 heterocycles. The molecule has 0 saturated carbocycles. The average molecular weight is 308 g/mol. The zero-order chi connectivity index (χ0) is 16.2. The summed E-state index contributed by atoms with van der Waals surface area (Å²) in [5.41, 5.74) is 3.30. The van der Waals surface area contributed by atoms with E-state index in [0.717, 1.165) is 31.7 Å². The van der Waals surface area contributed by atoms with Gasteiger partial charge in [-0.3, -0.25) is 9.69 Å². The van der Waals surface area contributed by atoms with E-state index >= 15 is 0 Å². The molecule has 0 N–H and O–H groups in total. The van der Waals surface area contributed by atoms with E-state index in [1.54, 1.807) is 0 Å². The molecule has 120 valence electrons. The number of aryl methyl sites for hydroxylation is 1. The Labute approximate surface area is 138 Å². The molecular formula is C20H24N2O. The molecule has 1 unspecified atom stereocenters. The van der Waals surface area contributed by atoms with Crippen molar-refractivity contribution < 1.29 is 4.79 Å². The third kappa shape index (κ3) is 3.80. The number of piperazine rings is 1. The Morgan fingerprint density at radius 2 is 1.74 bits per heavy atom. The average Bonchev–Trinajstić information content (AvgIpc) is 2.56. The first kappa shape index (κ1) is 15.8. The van der Waals surface area contributed by atoms with Crippen LogP contribution in [-0.4, -0.2) is 41.4 Å². The Balaban J connectivity index is 1.62. The smallest absolute Gasteiger partial charge is 0.254 e. The number of hydrogen-bond donors (Lipinski definition) is 0. The van der Waals surface area contributed by atoms with Gasteiger partial charge in [0.15, 0.2) is 0 Å². The molecule has 1 fully saturated rings. The Kier molecular flexibility index (Phi) is 4.77. The maximum Gasteiger partial charge on any atom is 0.254 e. The van der Waals surface area contributed by atoms with E-state index in [9.17, 15) is 4.79 Å². The van der Waals surface area contributed by atoms with Gasteiger partial charge < -0.3 is 4.90 Å². The molecule has 23 heavy (non-hydrogen) atoms. The molecule has 0 aliphatic carbocycles. The van der Waals surface area contributed by atoms with Crippen molar-refractivity contribution in [2.75, 3.05) is 19.6 Å². The van der Waals surface area contributed by atoms with Crippen molar-refractivity contribution in [3.05, 3.63) is 71.3 Å². The lowest BCUT2D eigenvalue weighted by molar-refractivity contribution is 0.0475. The van der Waals surface area contributed by atoms with Gasteiger partial charge in [0.25, 0.3) is 5.91 Å². The summed E-state index contributed by atoms with van der Waals surface area (Å²) in [6.45, 7) is 7.78. The van der Waals surface area contributed by atoms with Crippen molar-refractivity contribution in [2.45, 2.75) is 26.4 Å². The Hall–Kier alpha value is -2.13. The molecule has 3 heteroatoms. The highest BCUT2D eigenvalue weighted by atomic mass is 16.2. The predicted molar refractivity (Wildman–Crippen MR) is 93.4 cm³/mol. The molecule has 0 aromatic heterocycles. The molecule has 1 saturated heterocycles. The molecule has 0 bridgehead atoms. The second kappa shape index (κ2) is 6.97. The fourth-order valence-electron chi connectivity index (χ4n) is 3.18. The van der Waals surface area contributed by atoms with Crippen LogP contribution >= 0.6 is 0 Å². The number of hydrogen-bond acceptors (Lipinski definition) is 2. The fraction of sp³-hybridized carbons (Fsp3) is 0.350. The highest BCUT2D eigenvalue weighted by Gasteiger charge is 2.27. The van der Waals surface area contributed by atoms with Crippen LogP contribution in [0.2, 0.25) is 0 Å². The summed E-state index contributed by atoms with van der Waals surface area (Å²) in [7, 11) is 0. The van der Waals surface area contributed by atoms with Crippen LogP contribution in [0.5, 0.6) is 0 Å². The van der Waals surface area contributed by atoms with Gasteiger partial charge in [-0.1, -0.05) is 48.0 Å². The van der Waals surface area contributed by atoms with E-state index in [1.807, 2.05) is 42.2 Å². The lowest BCUT2D eigenvalue weighted by Gasteiger charge is -2.40. The van der Waals surface area contributed by atoms with Crippen molar-refractivity contribution in [1.82, 2.24) is 9.80 Å². The van der Waals surface area contributed by atoms with Crippen LogP contribution in [-0.2, 0) is 6.54 Å². The van der Waals surface area contributed by atoms with Crippen LogP contribution < -0.4 is 0 Å². The standard InChI is InChI=1S/C20H24N2O/c1-16-8-10-19(11-9-16)20(23)22-13-12-21(14-17(22)2)15-18-6-4-3-5-7-18/h3-11,17H,12-15H2,1-2H3. The van der Waals surface area contributed by atoms with Crippen molar-refractivity contribution in [3.8, 4) is 0 Å². The topological polar surface area (TPSA) is 23.6 Å². The van der Waals surface area contributed by atoms with Gasteiger partial charge in [0, 0.05) is 37.8 Å². The normalized spacial score (nSPS) is 18.9. The molecule has 1 amide bonds. The Morgan fingerprint density at radius 3 is 2.39 bits per heavy atom. The number of amides is 1. The SMILES string of the molecule is Cc1ccc(C(=O)N2CCN(Cc3ccccc3)CC2C)cc1. The zero-order valence-corrected chi connectivity index (χ0v) is 13.9. The van der Waals surface area contributed by atoms with Crippen molar-refractivity contribution in [2.24, 2.45) is 0 Å². The number of nitrogens with zero attached hydrogens (tertiary/aromatic N) is 2. The highest BCUT2D eigenvalue weighted by molar-refractivity contribution is 5.94. The van der Waals surface area contributed by atoms with Crippen molar-refractivity contribution in [3.63, 3.8) is 0 Å². The first-order chi connectivity index (χ1) is 11.1. The first-order valence-electron chi connectivity index (χ1n) is 8.27. The van der Waals surface area contributed by atoms with Crippen LogP contribution in [0, 0.1) is 6.92 Å². The highest BCUT2D eigenvalue weighted by Crippen LogP contribution is 2.16. The molecule has 2 aromatic rings. The van der Waals surface area contributed by atoms with Crippen LogP contribution in [0.3, 0.4) is 0 Å². The fourth-order valence-corrected chi connectivity index (χ4v) is 3.18. The van der Waals surface area contributed by atoms with E-state index in [1.165, 1.54) is 11.1 Å². The molecular weight excluding hydrogens is 284 g/mol. The lowest BCUT2D eigenvalue weighted by atomic mass is 10.1. The summed E-state index contributed by atoms with van der Waals surface area (Å²) in [6.07, 6.45) is 0. The molecule has 0 radical (unpaired) electrons. The molecule has 1 aliphatic heterocycles. The summed E-state index contributed by atoms with van der Waals surface area (Å²) in [6, 6.07) is 18.6. The monoisotopic (exact) mass is 308 g/mol. The molecule has 1 aliphatic rings. The van der Waals surface area contributed by atoms with E-state index in [-0.39, 0.29) is 11.9 Å². The van der Waals surface area contributed by atoms with E-state index < -0.39 is 0 Å². The largest absolute Gasteiger partial charge is 0.333 e. The molecule has 3 rings (SSSR count). The molecule has 2 aromatic carbocycles. The maximum absolute atomic E-state index is 12.7. The van der Waals surface area contributed by atoms with Crippen LogP contribution in [0.4, 0.5) is 0 Å². The summed E-state index contributed by atoms with van der Waals surface area (Å²) in [5, 5.41) is 0. The minimum Gasteiger partial charge on any atom is -0.333 e. The van der Waals surface area contributed by atoms with E-state index in [2.05, 4.69) is 36.1 Å². The van der Waals surface area contributed by atoms with Gasteiger partial charge in [-0.05, 0) is 31.5 Å². The number of rotatable bonds is 3. The third-order valence-corrected chi connectivity index (χ3v) is 4.52. The number of carbonyl (C=O) groups is 1. The number of benzene rings is 2. The van der Waals surface area contributed by atoms with Crippen LogP contribution in [0.15, 0.2) is 54.6 Å². The molecule has 1 atom stereocenters. The lowest BCUT2D eigenvalue weighted by Crippen LogP contribution is -2.53. The van der Waals surface area contributed by atoms with Crippen molar-refractivity contribution in [1.29, 1.82) is 0 Å². The minimum absolute atomic E-state index is 0.150. The molecule has 0 spiro atoms. The van der Waals surface area contributed by atoms with Gasteiger partial charge in [0.05, 0.1) is 0 Å². The van der Waals surface area contributed by atoms with Gasteiger partial charge in [-0.2, -0.15) is 0 Å². The van der Waals surface area contributed by atoms with Gasteiger partial charge in [-0.15, -0.1) is 0 Å². The second-order valence-corrected chi connectivity index (χ2v) is 6.43. The molecule has 3 nitrogen and oxygen atoms in total. The summed E-state index contributed by atoms with van der Waals surface area (Å²) in [5.74, 6) is 0.150. The van der Waals surface area contributed by atoms with Gasteiger partial charge in [-0.25, -0.2) is 0 Å². The van der Waals surface area contributed by atoms with Gasteiger partial charge in [0.2, 0.25) is 0 Å². The quantitative estimate of drug-likeness (QED) is 0.868. The maximum atomic E-state index is 12.7. The minimum atomic E-state index is 0.150. The van der Waals surface area contributed by atoms with E-state index in [0.29, 0.717) is 0 Å². The van der Waals surface area contributed by atoms with Crippen LogP contribution in [0.25, 0.3) is 0 Å². The van der Waals surface area contributed by atoms with E-state index in [4.69, 9.17) is 0 Å². The van der Waals surface area contributed by atoms with Crippen LogP contribution in [0.1, 0.15) is 28.4 Å². The predicted octanol–water partition coefficient (Wildman–Crippen LogP) is 3.34. The first-order valence-corrected chi connectivity index (χ1v) is 8.27. The van der Waals surface area contributed by atoms with Crippen molar-refractivity contribution >= 4 is 5.91 Å².